The second-order valence-corrected chi connectivity index (χ2v) is 10.4. The predicted octanol–water partition coefficient (Wildman–Crippen LogP) is 2.22. The van der Waals surface area contributed by atoms with Gasteiger partial charge in [-0.15, -0.1) is 0 Å². The number of H-pyrrole nitrogens is 1. The van der Waals surface area contributed by atoms with Crippen molar-refractivity contribution in [1.82, 2.24) is 30.2 Å². The van der Waals surface area contributed by atoms with E-state index in [1.54, 1.807) is 17.0 Å². The van der Waals surface area contributed by atoms with Crippen LogP contribution in [0.2, 0.25) is 0 Å². The molecular formula is C28H34N6O4. The molecule has 2 aromatic carbocycles. The number of fused-ring (bicyclic) bond motifs is 2. The molecule has 0 aliphatic carbocycles. The fourth-order valence-electron chi connectivity index (χ4n) is 5.61. The molecule has 2 fully saturated rings. The molecule has 0 spiro atoms. The summed E-state index contributed by atoms with van der Waals surface area (Å²) in [5.74, 6) is 0.625. The van der Waals surface area contributed by atoms with Gasteiger partial charge in [-0.05, 0) is 42.2 Å². The van der Waals surface area contributed by atoms with E-state index in [1.165, 1.54) is 0 Å². The second kappa shape index (κ2) is 10.6. The number of amides is 2. The van der Waals surface area contributed by atoms with Crippen molar-refractivity contribution in [3.63, 3.8) is 0 Å². The molecule has 200 valence electrons. The number of rotatable bonds is 7. The molecule has 10 heteroatoms. The molecule has 3 aromatic rings. The lowest BCUT2D eigenvalue weighted by Crippen LogP contribution is -2.44. The van der Waals surface area contributed by atoms with Crippen LogP contribution < -0.4 is 10.1 Å². The van der Waals surface area contributed by atoms with E-state index < -0.39 is 0 Å². The Hall–Kier alpha value is -3.63. The highest BCUT2D eigenvalue weighted by Gasteiger charge is 2.28. The number of ether oxygens (including phenoxy) is 1. The number of piperidine rings is 1. The molecule has 38 heavy (non-hydrogen) atoms. The molecule has 1 aromatic heterocycles. The number of carbonyl (C=O) groups excluding carboxylic acids is 2. The van der Waals surface area contributed by atoms with Gasteiger partial charge in [-0.1, -0.05) is 6.07 Å². The van der Waals surface area contributed by atoms with Crippen LogP contribution in [-0.4, -0.2) is 87.7 Å². The van der Waals surface area contributed by atoms with Gasteiger partial charge >= 0.3 is 0 Å². The van der Waals surface area contributed by atoms with E-state index in [2.05, 4.69) is 20.4 Å². The van der Waals surface area contributed by atoms with Gasteiger partial charge < -0.3 is 25.0 Å². The van der Waals surface area contributed by atoms with Crippen LogP contribution in [0.5, 0.6) is 11.5 Å². The van der Waals surface area contributed by atoms with Crippen molar-refractivity contribution in [2.45, 2.75) is 38.9 Å². The zero-order valence-corrected chi connectivity index (χ0v) is 21.5. The van der Waals surface area contributed by atoms with E-state index in [0.29, 0.717) is 50.4 Å². The largest absolute Gasteiger partial charge is 0.507 e. The van der Waals surface area contributed by atoms with Gasteiger partial charge in [0.1, 0.15) is 18.1 Å². The van der Waals surface area contributed by atoms with E-state index in [4.69, 9.17) is 4.74 Å². The number of benzene rings is 2. The maximum atomic E-state index is 13.5. The maximum Gasteiger partial charge on any atom is 0.258 e. The van der Waals surface area contributed by atoms with Crippen molar-refractivity contribution in [2.75, 3.05) is 45.9 Å². The number of phenolic OH excluding ortho intramolecular Hbond substituents is 1. The topological polar surface area (TPSA) is 114 Å². The molecule has 0 saturated carbocycles. The summed E-state index contributed by atoms with van der Waals surface area (Å²) in [6.45, 7) is 7.69. The summed E-state index contributed by atoms with van der Waals surface area (Å²) >= 11 is 0. The van der Waals surface area contributed by atoms with Crippen molar-refractivity contribution in [3.05, 3.63) is 52.7 Å². The minimum absolute atomic E-state index is 0.0837. The molecule has 3 aliphatic rings. The van der Waals surface area contributed by atoms with Crippen LogP contribution >= 0.6 is 0 Å². The van der Waals surface area contributed by atoms with Crippen molar-refractivity contribution in [2.24, 2.45) is 0 Å². The number of aromatic amines is 1. The van der Waals surface area contributed by atoms with Crippen molar-refractivity contribution >= 4 is 22.7 Å². The highest BCUT2D eigenvalue weighted by molar-refractivity contribution is 6.01. The molecule has 0 atom stereocenters. The number of hydrogen-bond donors (Lipinski definition) is 3. The number of aromatic nitrogens is 2. The highest BCUT2D eigenvalue weighted by Crippen LogP contribution is 2.32. The van der Waals surface area contributed by atoms with E-state index in [1.807, 2.05) is 23.1 Å². The summed E-state index contributed by atoms with van der Waals surface area (Å²) in [5, 5.41) is 22.1. The summed E-state index contributed by atoms with van der Waals surface area (Å²) in [7, 11) is 0. The monoisotopic (exact) mass is 518 g/mol. The molecule has 4 heterocycles. The van der Waals surface area contributed by atoms with Crippen LogP contribution in [0.4, 0.5) is 0 Å². The Labute approximate surface area is 221 Å². The van der Waals surface area contributed by atoms with Crippen LogP contribution in [0.1, 0.15) is 46.4 Å². The highest BCUT2D eigenvalue weighted by atomic mass is 16.5. The first-order valence-electron chi connectivity index (χ1n) is 13.5. The number of aromatic hydroxyl groups is 1. The Kier molecular flexibility index (Phi) is 6.90. The summed E-state index contributed by atoms with van der Waals surface area (Å²) in [5.41, 5.74) is 3.74. The van der Waals surface area contributed by atoms with E-state index in [0.717, 1.165) is 67.8 Å². The van der Waals surface area contributed by atoms with Gasteiger partial charge in [0, 0.05) is 70.2 Å². The van der Waals surface area contributed by atoms with Crippen LogP contribution in [0, 0.1) is 0 Å². The van der Waals surface area contributed by atoms with Gasteiger partial charge in [0.2, 0.25) is 5.91 Å². The van der Waals surface area contributed by atoms with Crippen LogP contribution in [0.3, 0.4) is 0 Å². The average Bonchev–Trinajstić information content (AvgIpc) is 3.53. The lowest BCUT2D eigenvalue weighted by Gasteiger charge is -2.26. The van der Waals surface area contributed by atoms with E-state index in [-0.39, 0.29) is 23.1 Å². The van der Waals surface area contributed by atoms with Crippen LogP contribution in [-0.2, 0) is 24.4 Å². The molecule has 0 radical (unpaired) electrons. The zero-order chi connectivity index (χ0) is 26.1. The molecule has 2 amide bonds. The molecule has 3 aliphatic heterocycles. The third-order valence-corrected chi connectivity index (χ3v) is 7.82. The molecule has 10 nitrogen and oxygen atoms in total. The number of nitrogens with one attached hydrogen (secondary N) is 2. The van der Waals surface area contributed by atoms with Crippen LogP contribution in [0.25, 0.3) is 10.9 Å². The summed E-state index contributed by atoms with van der Waals surface area (Å²) in [4.78, 5) is 31.8. The Morgan fingerprint density at radius 1 is 1.05 bits per heavy atom. The number of hydrogen-bond acceptors (Lipinski definition) is 7. The smallest absolute Gasteiger partial charge is 0.258 e. The SMILES string of the molecule is O=C1CCCCN1Cc1n[nH]c2cc(O)c(C(=O)N3Cc4ccc(OCCN5CCNCC5)cc4C3)cc12. The van der Waals surface area contributed by atoms with E-state index in [9.17, 15) is 14.7 Å². The van der Waals surface area contributed by atoms with Gasteiger partial charge in [-0.25, -0.2) is 0 Å². The van der Waals surface area contributed by atoms with Gasteiger partial charge in [0.05, 0.1) is 23.3 Å². The molecule has 2 saturated heterocycles. The standard InChI is InChI=1S/C28H34N6O4/c35-26-15-24-22(25(31-30-24)18-33-8-2-1-3-27(33)36)14-23(26)28(37)34-16-19-4-5-21(13-20(19)17-34)38-12-11-32-9-6-29-7-10-32/h4-5,13-15,29,35H,1-3,6-12,16-18H2,(H,30,31). The Balaban J connectivity index is 1.13. The first kappa shape index (κ1) is 24.7. The lowest BCUT2D eigenvalue weighted by molar-refractivity contribution is -0.133. The normalized spacial score (nSPS) is 18.3. The van der Waals surface area contributed by atoms with Crippen molar-refractivity contribution in [1.29, 1.82) is 0 Å². The zero-order valence-electron chi connectivity index (χ0n) is 21.5. The van der Waals surface area contributed by atoms with Gasteiger partial charge in [0.15, 0.2) is 0 Å². The van der Waals surface area contributed by atoms with Crippen LogP contribution in [0.15, 0.2) is 30.3 Å². The minimum Gasteiger partial charge on any atom is -0.507 e. The van der Waals surface area contributed by atoms with Crippen molar-refractivity contribution < 1.29 is 19.4 Å². The quantitative estimate of drug-likeness (QED) is 0.440. The van der Waals surface area contributed by atoms with Gasteiger partial charge in [-0.3, -0.25) is 19.6 Å². The third-order valence-electron chi connectivity index (χ3n) is 7.82. The summed E-state index contributed by atoms with van der Waals surface area (Å²) < 4.78 is 6.01. The van der Waals surface area contributed by atoms with Crippen molar-refractivity contribution in [3.8, 4) is 11.5 Å². The second-order valence-electron chi connectivity index (χ2n) is 10.4. The number of nitrogens with zero attached hydrogens (tertiary/aromatic N) is 4. The van der Waals surface area contributed by atoms with Gasteiger partial charge in [0.25, 0.3) is 5.91 Å². The Morgan fingerprint density at radius 3 is 2.74 bits per heavy atom. The fraction of sp³-hybridized carbons (Fsp3) is 0.464. The molecule has 0 unspecified atom stereocenters. The van der Waals surface area contributed by atoms with E-state index >= 15 is 0 Å². The fourth-order valence-corrected chi connectivity index (χ4v) is 5.61. The first-order valence-corrected chi connectivity index (χ1v) is 13.5. The van der Waals surface area contributed by atoms with Gasteiger partial charge in [-0.2, -0.15) is 5.10 Å². The third kappa shape index (κ3) is 5.06. The predicted molar refractivity (Wildman–Crippen MR) is 142 cm³/mol. The lowest BCUT2D eigenvalue weighted by atomic mass is 10.1. The maximum absolute atomic E-state index is 13.5. The minimum atomic E-state index is -0.233. The molecule has 3 N–H and O–H groups in total. The molecule has 0 bridgehead atoms. The number of piperazine rings is 1. The number of likely N-dealkylation sites (tertiary alicyclic amines) is 1. The number of phenols is 1. The average molecular weight is 519 g/mol. The molecular weight excluding hydrogens is 484 g/mol. The Bertz CT molecular complexity index is 1350. The Morgan fingerprint density at radius 2 is 1.89 bits per heavy atom. The summed E-state index contributed by atoms with van der Waals surface area (Å²) in [6, 6.07) is 9.26. The number of carbonyl (C=O) groups is 2. The summed E-state index contributed by atoms with van der Waals surface area (Å²) in [6.07, 6.45) is 2.47. The molecule has 6 rings (SSSR count). The first-order chi connectivity index (χ1) is 18.5.